The van der Waals surface area contributed by atoms with Crippen LogP contribution in [0.1, 0.15) is 25.1 Å². The van der Waals surface area contributed by atoms with Gasteiger partial charge in [0.1, 0.15) is 6.54 Å². The number of guanidine groups is 1. The first-order valence-electron chi connectivity index (χ1n) is 8.81. The van der Waals surface area contributed by atoms with Crippen LogP contribution in [0.5, 0.6) is 0 Å². The highest BCUT2D eigenvalue weighted by Crippen LogP contribution is 2.07. The lowest BCUT2D eigenvalue weighted by Crippen LogP contribution is -2.40. The number of carbonyl (C=O) groups excluding carboxylic acids is 1. The standard InChI is InChI=1S/C18H32N4O2S.HI/c1-15(2)14-24-11-6-9-19-18(21-13-17(23)22(3)4)20-10-8-16-7-5-12-25-16;/h5,7,12,15H,6,8-11,13-14H2,1-4H3,(H2,19,20,21);1H. The molecule has 0 aliphatic rings. The Bertz CT molecular complexity index is 507. The lowest BCUT2D eigenvalue weighted by atomic mass is 10.2. The van der Waals surface area contributed by atoms with Crippen molar-refractivity contribution in [1.82, 2.24) is 15.5 Å². The van der Waals surface area contributed by atoms with Gasteiger partial charge in [-0.1, -0.05) is 19.9 Å². The molecule has 0 aromatic carbocycles. The van der Waals surface area contributed by atoms with Crippen LogP contribution in [0.3, 0.4) is 0 Å². The van der Waals surface area contributed by atoms with E-state index in [1.165, 1.54) is 4.88 Å². The molecular formula is C18H33IN4O2S. The SMILES string of the molecule is CC(C)COCCCNC(=NCC(=O)N(C)C)NCCc1cccs1.I. The van der Waals surface area contributed by atoms with Gasteiger partial charge in [0.15, 0.2) is 5.96 Å². The Morgan fingerprint density at radius 1 is 1.31 bits per heavy atom. The van der Waals surface area contributed by atoms with Crippen LogP contribution in [0, 0.1) is 5.92 Å². The average molecular weight is 496 g/mol. The maximum Gasteiger partial charge on any atom is 0.243 e. The smallest absolute Gasteiger partial charge is 0.243 e. The van der Waals surface area contributed by atoms with Gasteiger partial charge >= 0.3 is 0 Å². The number of nitrogens with one attached hydrogen (secondary N) is 2. The van der Waals surface area contributed by atoms with Gasteiger partial charge in [0, 0.05) is 45.3 Å². The molecule has 0 radical (unpaired) electrons. The molecule has 0 saturated heterocycles. The Morgan fingerprint density at radius 2 is 2.04 bits per heavy atom. The molecule has 6 nitrogen and oxygen atoms in total. The first-order chi connectivity index (χ1) is 12.0. The lowest BCUT2D eigenvalue weighted by molar-refractivity contribution is -0.127. The predicted molar refractivity (Wildman–Crippen MR) is 121 cm³/mol. The van der Waals surface area contributed by atoms with Gasteiger partial charge in [0.2, 0.25) is 5.91 Å². The van der Waals surface area contributed by atoms with Crippen LogP contribution in [-0.4, -0.2) is 63.7 Å². The van der Waals surface area contributed by atoms with Gasteiger partial charge in [-0.05, 0) is 30.2 Å². The summed E-state index contributed by atoms with van der Waals surface area (Å²) in [5.74, 6) is 1.22. The minimum Gasteiger partial charge on any atom is -0.381 e. The van der Waals surface area contributed by atoms with E-state index < -0.39 is 0 Å². The first kappa shape index (κ1) is 25.1. The molecule has 0 spiro atoms. The van der Waals surface area contributed by atoms with Crippen molar-refractivity contribution >= 4 is 47.2 Å². The van der Waals surface area contributed by atoms with Gasteiger partial charge in [-0.3, -0.25) is 4.79 Å². The van der Waals surface area contributed by atoms with Gasteiger partial charge in [0.05, 0.1) is 0 Å². The molecule has 150 valence electrons. The minimum absolute atomic E-state index is 0. The predicted octanol–water partition coefficient (Wildman–Crippen LogP) is 2.59. The van der Waals surface area contributed by atoms with E-state index in [0.29, 0.717) is 11.9 Å². The highest BCUT2D eigenvalue weighted by atomic mass is 127. The van der Waals surface area contributed by atoms with Crippen molar-refractivity contribution in [2.24, 2.45) is 10.9 Å². The Hall–Kier alpha value is -0.870. The molecule has 0 saturated carbocycles. The van der Waals surface area contributed by atoms with Crippen LogP contribution < -0.4 is 10.6 Å². The summed E-state index contributed by atoms with van der Waals surface area (Å²) in [4.78, 5) is 19.0. The summed E-state index contributed by atoms with van der Waals surface area (Å²) in [7, 11) is 3.47. The maximum atomic E-state index is 11.7. The Morgan fingerprint density at radius 3 is 2.65 bits per heavy atom. The second-order valence-electron chi connectivity index (χ2n) is 6.46. The van der Waals surface area contributed by atoms with E-state index >= 15 is 0 Å². The molecule has 0 atom stereocenters. The van der Waals surface area contributed by atoms with Crippen molar-refractivity contribution in [3.8, 4) is 0 Å². The van der Waals surface area contributed by atoms with Crippen molar-refractivity contribution in [2.75, 3.05) is 46.9 Å². The molecule has 0 bridgehead atoms. The fourth-order valence-electron chi connectivity index (χ4n) is 1.92. The van der Waals surface area contributed by atoms with Crippen LogP contribution in [0.4, 0.5) is 0 Å². The number of nitrogens with zero attached hydrogens (tertiary/aromatic N) is 2. The van der Waals surface area contributed by atoms with E-state index in [1.54, 1.807) is 30.3 Å². The molecular weight excluding hydrogens is 463 g/mol. The molecule has 8 heteroatoms. The van der Waals surface area contributed by atoms with Crippen LogP contribution in [0.25, 0.3) is 0 Å². The summed E-state index contributed by atoms with van der Waals surface area (Å²) >= 11 is 1.75. The van der Waals surface area contributed by atoms with Crippen molar-refractivity contribution in [3.63, 3.8) is 0 Å². The number of rotatable bonds is 11. The van der Waals surface area contributed by atoms with E-state index in [4.69, 9.17) is 4.74 Å². The van der Waals surface area contributed by atoms with Crippen LogP contribution in [0.2, 0.25) is 0 Å². The molecule has 1 heterocycles. The van der Waals surface area contributed by atoms with E-state index in [-0.39, 0.29) is 36.4 Å². The zero-order chi connectivity index (χ0) is 18.5. The van der Waals surface area contributed by atoms with Crippen LogP contribution in [0.15, 0.2) is 22.5 Å². The van der Waals surface area contributed by atoms with E-state index in [9.17, 15) is 4.79 Å². The van der Waals surface area contributed by atoms with E-state index in [1.807, 2.05) is 0 Å². The van der Waals surface area contributed by atoms with Gasteiger partial charge in [-0.15, -0.1) is 35.3 Å². The van der Waals surface area contributed by atoms with Gasteiger partial charge in [-0.25, -0.2) is 4.99 Å². The summed E-state index contributed by atoms with van der Waals surface area (Å²) in [6.07, 6.45) is 1.84. The normalized spacial score (nSPS) is 11.2. The monoisotopic (exact) mass is 496 g/mol. The summed E-state index contributed by atoms with van der Waals surface area (Å²) < 4.78 is 5.58. The molecule has 1 aromatic rings. The molecule has 0 aliphatic heterocycles. The van der Waals surface area contributed by atoms with Gasteiger partial charge in [-0.2, -0.15) is 0 Å². The second-order valence-corrected chi connectivity index (χ2v) is 7.49. The Balaban J connectivity index is 0.00000625. The fourth-order valence-corrected chi connectivity index (χ4v) is 2.63. The molecule has 0 unspecified atom stereocenters. The first-order valence-corrected chi connectivity index (χ1v) is 9.69. The quantitative estimate of drug-likeness (QED) is 0.214. The maximum absolute atomic E-state index is 11.7. The van der Waals surface area contributed by atoms with E-state index in [2.05, 4.69) is 47.0 Å². The molecule has 1 rings (SSSR count). The van der Waals surface area contributed by atoms with Crippen molar-refractivity contribution < 1.29 is 9.53 Å². The molecule has 0 aliphatic carbocycles. The number of ether oxygens (including phenoxy) is 1. The van der Waals surface area contributed by atoms with Crippen molar-refractivity contribution in [2.45, 2.75) is 26.7 Å². The molecule has 2 N–H and O–H groups in total. The molecule has 26 heavy (non-hydrogen) atoms. The number of amides is 1. The zero-order valence-corrected chi connectivity index (χ0v) is 19.4. The third-order valence-corrected chi connectivity index (χ3v) is 4.26. The highest BCUT2D eigenvalue weighted by Gasteiger charge is 2.05. The molecule has 1 aromatic heterocycles. The van der Waals surface area contributed by atoms with E-state index in [0.717, 1.165) is 39.1 Å². The summed E-state index contributed by atoms with van der Waals surface area (Å²) in [6, 6.07) is 4.18. The third kappa shape index (κ3) is 12.5. The average Bonchev–Trinajstić information content (AvgIpc) is 3.07. The van der Waals surface area contributed by atoms with Crippen LogP contribution >= 0.6 is 35.3 Å². The number of aliphatic imine (C=N–C) groups is 1. The lowest BCUT2D eigenvalue weighted by Gasteiger charge is -2.14. The Labute approximate surface area is 178 Å². The van der Waals surface area contributed by atoms with Gasteiger partial charge < -0.3 is 20.3 Å². The fraction of sp³-hybridized carbons (Fsp3) is 0.667. The summed E-state index contributed by atoms with van der Waals surface area (Å²) in [5, 5.41) is 8.65. The number of hydrogen-bond donors (Lipinski definition) is 2. The number of carbonyl (C=O) groups is 1. The summed E-state index contributed by atoms with van der Waals surface area (Å²) in [6.45, 7) is 7.49. The number of halogens is 1. The highest BCUT2D eigenvalue weighted by molar-refractivity contribution is 14.0. The van der Waals surface area contributed by atoms with Crippen LogP contribution in [-0.2, 0) is 16.0 Å². The number of likely N-dealkylation sites (N-methyl/N-ethyl adjacent to an activating group) is 1. The number of hydrogen-bond acceptors (Lipinski definition) is 4. The summed E-state index contributed by atoms with van der Waals surface area (Å²) in [5.41, 5.74) is 0. The largest absolute Gasteiger partial charge is 0.381 e. The zero-order valence-electron chi connectivity index (χ0n) is 16.3. The second kappa shape index (κ2) is 15.2. The number of thiophene rings is 1. The minimum atomic E-state index is -0.0142. The molecule has 0 fully saturated rings. The van der Waals surface area contributed by atoms with Gasteiger partial charge in [0.25, 0.3) is 0 Å². The third-order valence-electron chi connectivity index (χ3n) is 3.32. The molecule has 1 amide bonds. The topological polar surface area (TPSA) is 66.0 Å². The van der Waals surface area contributed by atoms with Crippen molar-refractivity contribution in [1.29, 1.82) is 0 Å². The Kier molecular flexibility index (Phi) is 14.7. The van der Waals surface area contributed by atoms with Crippen molar-refractivity contribution in [3.05, 3.63) is 22.4 Å².